The highest BCUT2D eigenvalue weighted by molar-refractivity contribution is 6.03. The van der Waals surface area contributed by atoms with Crippen LogP contribution in [0.2, 0.25) is 0 Å². The number of methoxy groups -OCH3 is 1. The lowest BCUT2D eigenvalue weighted by Gasteiger charge is -2.11. The van der Waals surface area contributed by atoms with E-state index < -0.39 is 5.91 Å². The second-order valence-electron chi connectivity index (χ2n) is 5.56. The zero-order valence-corrected chi connectivity index (χ0v) is 14.3. The third-order valence-corrected chi connectivity index (χ3v) is 3.59. The second kappa shape index (κ2) is 7.60. The maximum Gasteiger partial charge on any atom is 0.274 e. The van der Waals surface area contributed by atoms with Crippen molar-refractivity contribution in [2.24, 2.45) is 0 Å². The van der Waals surface area contributed by atoms with Crippen molar-refractivity contribution in [3.63, 3.8) is 0 Å². The number of carbonyl (C=O) groups excluding carboxylic acids is 1. The minimum Gasteiger partial charge on any atom is -0.495 e. The minimum atomic E-state index is -0.390. The maximum atomic E-state index is 13.0. The van der Waals surface area contributed by atoms with Crippen LogP contribution in [0.15, 0.2) is 54.7 Å². The lowest BCUT2D eigenvalue weighted by Crippen LogP contribution is -2.15. The Morgan fingerprint density at radius 1 is 1.12 bits per heavy atom. The molecule has 132 valence electrons. The van der Waals surface area contributed by atoms with E-state index in [9.17, 15) is 9.18 Å². The van der Waals surface area contributed by atoms with Crippen LogP contribution in [0.25, 0.3) is 0 Å². The van der Waals surface area contributed by atoms with Crippen LogP contribution in [-0.2, 0) is 0 Å². The van der Waals surface area contributed by atoms with Crippen molar-refractivity contribution >= 4 is 23.2 Å². The number of hydrogen-bond donors (Lipinski definition) is 2. The minimum absolute atomic E-state index is 0.188. The Kier molecular flexibility index (Phi) is 5.07. The standard InChI is InChI=1S/C19H17FN4O2/c1-12-3-8-17(26-2)16(11-12)23-18(25)15-9-10-21-19(24-15)22-14-6-4-13(20)5-7-14/h3-11H,1-2H3,(H,23,25)(H,21,22,24). The predicted octanol–water partition coefficient (Wildman–Crippen LogP) is 3.93. The van der Waals surface area contributed by atoms with Gasteiger partial charge in [-0.25, -0.2) is 14.4 Å². The Bertz CT molecular complexity index is 929. The number of amides is 1. The van der Waals surface area contributed by atoms with Crippen molar-refractivity contribution < 1.29 is 13.9 Å². The summed E-state index contributed by atoms with van der Waals surface area (Å²) in [4.78, 5) is 20.8. The van der Waals surface area contributed by atoms with E-state index >= 15 is 0 Å². The fourth-order valence-corrected chi connectivity index (χ4v) is 2.31. The summed E-state index contributed by atoms with van der Waals surface area (Å²) in [7, 11) is 1.54. The van der Waals surface area contributed by atoms with Crippen molar-refractivity contribution in [1.82, 2.24) is 9.97 Å². The Labute approximate surface area is 150 Å². The molecule has 0 saturated heterocycles. The summed E-state index contributed by atoms with van der Waals surface area (Å²) in [6.07, 6.45) is 1.47. The third kappa shape index (κ3) is 4.13. The molecule has 0 radical (unpaired) electrons. The summed E-state index contributed by atoms with van der Waals surface area (Å²) in [6, 6.07) is 12.8. The average molecular weight is 352 g/mol. The molecule has 2 aromatic carbocycles. The van der Waals surface area contributed by atoms with E-state index in [2.05, 4.69) is 20.6 Å². The first-order valence-electron chi connectivity index (χ1n) is 7.87. The fourth-order valence-electron chi connectivity index (χ4n) is 2.31. The molecule has 0 unspecified atom stereocenters. The zero-order chi connectivity index (χ0) is 18.5. The molecular weight excluding hydrogens is 335 g/mol. The van der Waals surface area contributed by atoms with E-state index in [-0.39, 0.29) is 17.5 Å². The van der Waals surface area contributed by atoms with E-state index in [1.807, 2.05) is 19.1 Å². The Hall–Kier alpha value is -3.48. The van der Waals surface area contributed by atoms with Gasteiger partial charge < -0.3 is 15.4 Å². The van der Waals surface area contributed by atoms with Gasteiger partial charge in [-0.05, 0) is 55.0 Å². The Morgan fingerprint density at radius 3 is 2.62 bits per heavy atom. The number of benzene rings is 2. The van der Waals surface area contributed by atoms with Crippen LogP contribution >= 0.6 is 0 Å². The maximum absolute atomic E-state index is 13.0. The van der Waals surface area contributed by atoms with Gasteiger partial charge in [0.2, 0.25) is 5.95 Å². The number of ether oxygens (including phenoxy) is 1. The highest BCUT2D eigenvalue weighted by Gasteiger charge is 2.12. The monoisotopic (exact) mass is 352 g/mol. The molecule has 6 nitrogen and oxygen atoms in total. The molecule has 1 aromatic heterocycles. The van der Waals surface area contributed by atoms with Crippen molar-refractivity contribution in [2.45, 2.75) is 6.92 Å². The van der Waals surface area contributed by atoms with Gasteiger partial charge in [0.1, 0.15) is 17.3 Å². The van der Waals surface area contributed by atoms with E-state index in [1.165, 1.54) is 31.5 Å². The molecular formula is C19H17FN4O2. The van der Waals surface area contributed by atoms with E-state index in [0.717, 1.165) is 5.56 Å². The van der Waals surface area contributed by atoms with Gasteiger partial charge in [-0.3, -0.25) is 4.79 Å². The Morgan fingerprint density at radius 2 is 1.88 bits per heavy atom. The van der Waals surface area contributed by atoms with Gasteiger partial charge in [-0.1, -0.05) is 6.07 Å². The average Bonchev–Trinajstić information content (AvgIpc) is 2.64. The number of nitrogens with one attached hydrogen (secondary N) is 2. The summed E-state index contributed by atoms with van der Waals surface area (Å²) < 4.78 is 18.2. The number of halogens is 1. The fraction of sp³-hybridized carbons (Fsp3) is 0.105. The largest absolute Gasteiger partial charge is 0.495 e. The molecule has 26 heavy (non-hydrogen) atoms. The zero-order valence-electron chi connectivity index (χ0n) is 14.3. The molecule has 0 aliphatic carbocycles. The first-order chi connectivity index (χ1) is 12.5. The molecule has 3 rings (SSSR count). The van der Waals surface area contributed by atoms with Crippen LogP contribution in [0.3, 0.4) is 0 Å². The van der Waals surface area contributed by atoms with Crippen LogP contribution in [0.4, 0.5) is 21.7 Å². The predicted molar refractivity (Wildman–Crippen MR) is 97.4 cm³/mol. The van der Waals surface area contributed by atoms with Gasteiger partial charge >= 0.3 is 0 Å². The number of carbonyl (C=O) groups is 1. The molecule has 0 saturated carbocycles. The van der Waals surface area contributed by atoms with Crippen molar-refractivity contribution in [3.05, 3.63) is 71.8 Å². The summed E-state index contributed by atoms with van der Waals surface area (Å²) in [6.45, 7) is 1.92. The van der Waals surface area contributed by atoms with Gasteiger partial charge in [0.25, 0.3) is 5.91 Å². The van der Waals surface area contributed by atoms with Gasteiger partial charge in [-0.15, -0.1) is 0 Å². The molecule has 0 bridgehead atoms. The SMILES string of the molecule is COc1ccc(C)cc1NC(=O)c1ccnc(Nc2ccc(F)cc2)n1. The van der Waals surface area contributed by atoms with Crippen molar-refractivity contribution in [2.75, 3.05) is 17.7 Å². The van der Waals surface area contributed by atoms with Crippen LogP contribution < -0.4 is 15.4 Å². The Balaban J connectivity index is 1.78. The van der Waals surface area contributed by atoms with Crippen molar-refractivity contribution in [3.8, 4) is 5.75 Å². The van der Waals surface area contributed by atoms with Crippen LogP contribution in [0, 0.1) is 12.7 Å². The molecule has 0 aliphatic heterocycles. The number of aromatic nitrogens is 2. The molecule has 1 amide bonds. The lowest BCUT2D eigenvalue weighted by atomic mass is 10.2. The molecule has 2 N–H and O–H groups in total. The summed E-state index contributed by atoms with van der Waals surface area (Å²) in [5.41, 5.74) is 2.35. The molecule has 0 aliphatic rings. The second-order valence-corrected chi connectivity index (χ2v) is 5.56. The summed E-state index contributed by atoms with van der Waals surface area (Å²) in [5, 5.41) is 5.71. The topological polar surface area (TPSA) is 76.1 Å². The first-order valence-corrected chi connectivity index (χ1v) is 7.87. The number of anilines is 3. The van der Waals surface area contributed by atoms with Crippen molar-refractivity contribution in [1.29, 1.82) is 0 Å². The highest BCUT2D eigenvalue weighted by Crippen LogP contribution is 2.25. The van der Waals surface area contributed by atoms with Crippen LogP contribution in [0.1, 0.15) is 16.1 Å². The normalized spacial score (nSPS) is 10.3. The summed E-state index contributed by atoms with van der Waals surface area (Å²) in [5.74, 6) is 0.0679. The summed E-state index contributed by atoms with van der Waals surface area (Å²) >= 11 is 0. The van der Waals surface area contributed by atoms with Crippen LogP contribution in [0.5, 0.6) is 5.75 Å². The van der Waals surface area contributed by atoms with Gasteiger partial charge in [0.15, 0.2) is 0 Å². The number of hydrogen-bond acceptors (Lipinski definition) is 5. The van der Waals surface area contributed by atoms with Crippen LogP contribution in [-0.4, -0.2) is 23.0 Å². The molecule has 0 spiro atoms. The number of nitrogens with zero attached hydrogens (tertiary/aromatic N) is 2. The van der Waals surface area contributed by atoms with Gasteiger partial charge in [0.05, 0.1) is 12.8 Å². The van der Waals surface area contributed by atoms with Gasteiger partial charge in [-0.2, -0.15) is 0 Å². The van der Waals surface area contributed by atoms with E-state index in [4.69, 9.17) is 4.74 Å². The van der Waals surface area contributed by atoms with E-state index in [1.54, 1.807) is 18.2 Å². The lowest BCUT2D eigenvalue weighted by molar-refractivity contribution is 0.102. The molecule has 0 atom stereocenters. The quantitative estimate of drug-likeness (QED) is 0.728. The third-order valence-electron chi connectivity index (χ3n) is 3.59. The smallest absolute Gasteiger partial charge is 0.274 e. The number of rotatable bonds is 5. The van der Waals surface area contributed by atoms with Gasteiger partial charge in [0, 0.05) is 11.9 Å². The molecule has 0 fully saturated rings. The highest BCUT2D eigenvalue weighted by atomic mass is 19.1. The van der Waals surface area contributed by atoms with E-state index in [0.29, 0.717) is 17.1 Å². The number of aryl methyl sites for hydroxylation is 1. The molecule has 3 aromatic rings. The first kappa shape index (κ1) is 17.3. The molecule has 1 heterocycles. The molecule has 7 heteroatoms.